The quantitative estimate of drug-likeness (QED) is 0.651. The summed E-state index contributed by atoms with van der Waals surface area (Å²) in [7, 11) is 0. The molecule has 25 heavy (non-hydrogen) atoms. The van der Waals surface area contributed by atoms with Gasteiger partial charge < -0.3 is 4.90 Å². The molecule has 1 saturated heterocycles. The minimum absolute atomic E-state index is 0.293. The van der Waals surface area contributed by atoms with Gasteiger partial charge in [0, 0.05) is 35.5 Å². The van der Waals surface area contributed by atoms with E-state index in [1.165, 1.54) is 42.2 Å². The molecule has 0 atom stereocenters. The number of carbonyl (C=O) groups is 1. The SMILES string of the molecule is O=Cc1cc(F)cc(-c2nc(-c3ccc(N4CCCC4)cc3)ns2)c1. The van der Waals surface area contributed by atoms with Crippen LogP contribution in [-0.4, -0.2) is 28.7 Å². The maximum absolute atomic E-state index is 13.6. The van der Waals surface area contributed by atoms with Gasteiger partial charge in [-0.05, 0) is 66.8 Å². The zero-order chi connectivity index (χ0) is 17.2. The molecule has 1 aliphatic rings. The van der Waals surface area contributed by atoms with Crippen molar-refractivity contribution in [3.8, 4) is 22.0 Å². The standard InChI is InChI=1S/C19H16FN3OS/c20-16-10-13(12-24)9-15(11-16)19-21-18(22-25-19)14-3-5-17(6-4-14)23-7-1-2-8-23/h3-6,9-12H,1-2,7-8H2. The van der Waals surface area contributed by atoms with E-state index in [2.05, 4.69) is 26.4 Å². The molecule has 0 saturated carbocycles. The normalized spacial score (nSPS) is 14.0. The molecule has 4 nitrogen and oxygen atoms in total. The van der Waals surface area contributed by atoms with Gasteiger partial charge >= 0.3 is 0 Å². The monoisotopic (exact) mass is 353 g/mol. The Morgan fingerprint density at radius 1 is 1.04 bits per heavy atom. The van der Waals surface area contributed by atoms with Gasteiger partial charge in [-0.3, -0.25) is 4.79 Å². The summed E-state index contributed by atoms with van der Waals surface area (Å²) in [5.74, 6) is 0.163. The summed E-state index contributed by atoms with van der Waals surface area (Å²) in [6.07, 6.45) is 3.12. The lowest BCUT2D eigenvalue weighted by atomic mass is 10.1. The van der Waals surface area contributed by atoms with E-state index in [4.69, 9.17) is 0 Å². The number of benzene rings is 2. The molecule has 3 aromatic rings. The fourth-order valence-electron chi connectivity index (χ4n) is 3.06. The van der Waals surface area contributed by atoms with Gasteiger partial charge in [0.25, 0.3) is 0 Å². The molecule has 0 unspecified atom stereocenters. The molecule has 0 N–H and O–H groups in total. The molecular formula is C19H16FN3OS. The highest BCUT2D eigenvalue weighted by atomic mass is 32.1. The molecule has 1 aliphatic heterocycles. The summed E-state index contributed by atoms with van der Waals surface area (Å²) in [5.41, 5.74) is 3.01. The topological polar surface area (TPSA) is 46.1 Å². The van der Waals surface area contributed by atoms with Gasteiger partial charge in [-0.1, -0.05) is 0 Å². The minimum atomic E-state index is -0.452. The number of nitrogens with zero attached hydrogens (tertiary/aromatic N) is 3. The first-order chi connectivity index (χ1) is 12.2. The maximum Gasteiger partial charge on any atom is 0.173 e. The molecule has 0 radical (unpaired) electrons. The molecule has 0 spiro atoms. The van der Waals surface area contributed by atoms with E-state index in [1.54, 1.807) is 6.07 Å². The van der Waals surface area contributed by atoms with Crippen molar-refractivity contribution in [3.05, 3.63) is 53.8 Å². The Morgan fingerprint density at radius 2 is 1.80 bits per heavy atom. The molecule has 4 rings (SSSR count). The summed E-state index contributed by atoms with van der Waals surface area (Å²) in [5, 5.41) is 0.598. The minimum Gasteiger partial charge on any atom is -0.372 e. The number of anilines is 1. The lowest BCUT2D eigenvalue weighted by molar-refractivity contribution is 0.112. The average molecular weight is 353 g/mol. The van der Waals surface area contributed by atoms with Gasteiger partial charge in [0.2, 0.25) is 0 Å². The summed E-state index contributed by atoms with van der Waals surface area (Å²) in [6.45, 7) is 2.22. The van der Waals surface area contributed by atoms with Crippen LogP contribution in [0.2, 0.25) is 0 Å². The number of halogens is 1. The zero-order valence-electron chi connectivity index (χ0n) is 13.5. The zero-order valence-corrected chi connectivity index (χ0v) is 14.3. The van der Waals surface area contributed by atoms with Gasteiger partial charge in [-0.2, -0.15) is 4.37 Å². The van der Waals surface area contributed by atoms with E-state index in [9.17, 15) is 9.18 Å². The lowest BCUT2D eigenvalue weighted by Gasteiger charge is -2.17. The van der Waals surface area contributed by atoms with Gasteiger partial charge in [-0.25, -0.2) is 9.37 Å². The fourth-order valence-corrected chi connectivity index (χ4v) is 3.73. The Kier molecular flexibility index (Phi) is 4.28. The van der Waals surface area contributed by atoms with Crippen LogP contribution in [0.25, 0.3) is 22.0 Å². The van der Waals surface area contributed by atoms with Crippen LogP contribution in [0.5, 0.6) is 0 Å². The summed E-state index contributed by atoms with van der Waals surface area (Å²) >= 11 is 1.20. The van der Waals surface area contributed by atoms with Crippen LogP contribution in [0, 0.1) is 5.82 Å². The average Bonchev–Trinajstić information content (AvgIpc) is 3.33. The molecule has 126 valence electrons. The van der Waals surface area contributed by atoms with Crippen LogP contribution in [0.15, 0.2) is 42.5 Å². The summed E-state index contributed by atoms with van der Waals surface area (Å²) in [6, 6.07) is 12.4. The van der Waals surface area contributed by atoms with Crippen LogP contribution in [0.1, 0.15) is 23.2 Å². The highest BCUT2D eigenvalue weighted by Gasteiger charge is 2.14. The highest BCUT2D eigenvalue weighted by molar-refractivity contribution is 7.09. The Bertz CT molecular complexity index is 901. The van der Waals surface area contributed by atoms with E-state index >= 15 is 0 Å². The van der Waals surface area contributed by atoms with Crippen molar-refractivity contribution in [1.82, 2.24) is 9.36 Å². The second-order valence-corrected chi connectivity index (χ2v) is 6.81. The highest BCUT2D eigenvalue weighted by Crippen LogP contribution is 2.29. The third-order valence-electron chi connectivity index (χ3n) is 4.33. The predicted octanol–water partition coefficient (Wildman–Crippen LogP) is 4.42. The molecular weight excluding hydrogens is 337 g/mol. The smallest absolute Gasteiger partial charge is 0.173 e. The molecule has 1 fully saturated rings. The third-order valence-corrected chi connectivity index (χ3v) is 5.09. The Morgan fingerprint density at radius 3 is 2.52 bits per heavy atom. The number of rotatable bonds is 4. The second kappa shape index (κ2) is 6.72. The van der Waals surface area contributed by atoms with Gasteiger partial charge in [0.1, 0.15) is 17.1 Å². The second-order valence-electron chi connectivity index (χ2n) is 6.06. The molecule has 0 amide bonds. The molecule has 2 aromatic carbocycles. The van der Waals surface area contributed by atoms with Crippen LogP contribution >= 0.6 is 11.5 Å². The number of aldehydes is 1. The van der Waals surface area contributed by atoms with E-state index in [0.717, 1.165) is 18.7 Å². The Hall–Kier alpha value is -2.60. The van der Waals surface area contributed by atoms with Crippen molar-refractivity contribution >= 4 is 23.5 Å². The molecule has 0 bridgehead atoms. The molecule has 0 aliphatic carbocycles. The van der Waals surface area contributed by atoms with Crippen molar-refractivity contribution < 1.29 is 9.18 Å². The van der Waals surface area contributed by atoms with Gasteiger partial charge in [0.15, 0.2) is 5.82 Å². The first kappa shape index (κ1) is 15.9. The number of hydrogen-bond donors (Lipinski definition) is 0. The fraction of sp³-hybridized carbons (Fsp3) is 0.211. The number of carbonyl (C=O) groups excluding carboxylic acids is 1. The largest absolute Gasteiger partial charge is 0.372 e. The van der Waals surface area contributed by atoms with Crippen LogP contribution in [-0.2, 0) is 0 Å². The number of aromatic nitrogens is 2. The summed E-state index contributed by atoms with van der Waals surface area (Å²) in [4.78, 5) is 17.8. The van der Waals surface area contributed by atoms with Gasteiger partial charge in [-0.15, -0.1) is 0 Å². The Balaban J connectivity index is 1.60. The molecule has 6 heteroatoms. The van der Waals surface area contributed by atoms with Crippen LogP contribution < -0.4 is 4.90 Å². The summed E-state index contributed by atoms with van der Waals surface area (Å²) < 4.78 is 18.0. The molecule has 1 aromatic heterocycles. The van der Waals surface area contributed by atoms with Crippen molar-refractivity contribution in [2.45, 2.75) is 12.8 Å². The van der Waals surface area contributed by atoms with Crippen LogP contribution in [0.3, 0.4) is 0 Å². The number of hydrogen-bond acceptors (Lipinski definition) is 5. The third kappa shape index (κ3) is 3.30. The van der Waals surface area contributed by atoms with E-state index in [1.807, 2.05) is 12.1 Å². The molecule has 2 heterocycles. The van der Waals surface area contributed by atoms with E-state index < -0.39 is 5.82 Å². The Labute approximate surface area is 149 Å². The van der Waals surface area contributed by atoms with Crippen LogP contribution in [0.4, 0.5) is 10.1 Å². The van der Waals surface area contributed by atoms with Crippen molar-refractivity contribution in [1.29, 1.82) is 0 Å². The van der Waals surface area contributed by atoms with E-state index in [0.29, 0.717) is 28.2 Å². The first-order valence-corrected chi connectivity index (χ1v) is 8.95. The first-order valence-electron chi connectivity index (χ1n) is 8.18. The van der Waals surface area contributed by atoms with Gasteiger partial charge in [0.05, 0.1) is 0 Å². The predicted molar refractivity (Wildman–Crippen MR) is 97.6 cm³/mol. The maximum atomic E-state index is 13.6. The van der Waals surface area contributed by atoms with Crippen molar-refractivity contribution in [3.63, 3.8) is 0 Å². The van der Waals surface area contributed by atoms with Crippen molar-refractivity contribution in [2.24, 2.45) is 0 Å². The van der Waals surface area contributed by atoms with E-state index in [-0.39, 0.29) is 0 Å². The van der Waals surface area contributed by atoms with Crippen molar-refractivity contribution in [2.75, 3.05) is 18.0 Å². The lowest BCUT2D eigenvalue weighted by Crippen LogP contribution is -2.17.